The largest absolute Gasteiger partial charge is 0.468 e. The summed E-state index contributed by atoms with van der Waals surface area (Å²) in [4.78, 5) is 2.57. The van der Waals surface area contributed by atoms with Crippen LogP contribution in [-0.4, -0.2) is 62.2 Å². The van der Waals surface area contributed by atoms with Gasteiger partial charge in [0.05, 0.1) is 36.6 Å². The maximum atomic E-state index is 13.8. The lowest BCUT2D eigenvalue weighted by atomic mass is 10.1. The Bertz CT molecular complexity index is 1120. The van der Waals surface area contributed by atoms with Gasteiger partial charge in [-0.05, 0) is 50.6 Å². The van der Waals surface area contributed by atoms with Crippen molar-refractivity contribution in [3.8, 4) is 11.3 Å². The topological polar surface area (TPSA) is 89.0 Å². The van der Waals surface area contributed by atoms with E-state index in [-0.39, 0.29) is 11.4 Å². The Morgan fingerprint density at radius 1 is 1.12 bits per heavy atom. The Morgan fingerprint density at radius 3 is 2.62 bits per heavy atom. The zero-order chi connectivity index (χ0) is 22.6. The Hall–Kier alpha value is -2.46. The van der Waals surface area contributed by atoms with Gasteiger partial charge in [-0.25, -0.2) is 8.42 Å². The van der Waals surface area contributed by atoms with E-state index in [1.807, 2.05) is 13.0 Å². The first-order valence-electron chi connectivity index (χ1n) is 10.8. The van der Waals surface area contributed by atoms with Gasteiger partial charge in [-0.15, -0.1) is 0 Å². The molecule has 2 aromatic heterocycles. The standard InChI is InChI=1S/C23H29N3O5S/c1-18-6-7-20(22-15-19(2)24-31-22)16-23(18)32(27,28)26(17-21-5-3-12-30-21)9-4-8-25-10-13-29-14-11-25/h3,5-7,12,15-16H,4,8-11,13-14,17H2,1-2H3. The number of morpholine rings is 1. The molecule has 4 rings (SSSR count). The molecule has 1 fully saturated rings. The molecule has 0 saturated carbocycles. The van der Waals surface area contributed by atoms with Crippen LogP contribution in [0.2, 0.25) is 0 Å². The first-order chi connectivity index (χ1) is 15.4. The van der Waals surface area contributed by atoms with E-state index in [4.69, 9.17) is 13.7 Å². The smallest absolute Gasteiger partial charge is 0.243 e. The third kappa shape index (κ3) is 5.29. The van der Waals surface area contributed by atoms with Crippen LogP contribution < -0.4 is 0 Å². The lowest BCUT2D eigenvalue weighted by molar-refractivity contribution is 0.0368. The van der Waals surface area contributed by atoms with Crippen molar-refractivity contribution in [1.82, 2.24) is 14.4 Å². The van der Waals surface area contributed by atoms with Gasteiger partial charge in [-0.1, -0.05) is 17.3 Å². The Labute approximate surface area is 188 Å². The highest BCUT2D eigenvalue weighted by Gasteiger charge is 2.28. The fraction of sp³-hybridized carbons (Fsp3) is 0.435. The number of furan rings is 1. The van der Waals surface area contributed by atoms with Gasteiger partial charge in [0.15, 0.2) is 5.76 Å². The summed E-state index contributed by atoms with van der Waals surface area (Å²) < 4.78 is 45.2. The van der Waals surface area contributed by atoms with Crippen molar-refractivity contribution in [2.24, 2.45) is 0 Å². The number of rotatable bonds is 9. The number of hydrogen-bond acceptors (Lipinski definition) is 7. The van der Waals surface area contributed by atoms with Crippen LogP contribution in [-0.2, 0) is 21.3 Å². The molecule has 1 aliphatic heterocycles. The van der Waals surface area contributed by atoms with Gasteiger partial charge in [0, 0.05) is 31.3 Å². The van der Waals surface area contributed by atoms with Crippen LogP contribution in [0.3, 0.4) is 0 Å². The van der Waals surface area contributed by atoms with Crippen molar-refractivity contribution in [1.29, 1.82) is 0 Å². The van der Waals surface area contributed by atoms with Crippen LogP contribution in [0.15, 0.2) is 56.5 Å². The Balaban J connectivity index is 1.58. The zero-order valence-electron chi connectivity index (χ0n) is 18.5. The molecule has 0 atom stereocenters. The normalized spacial score (nSPS) is 15.5. The molecule has 0 spiro atoms. The van der Waals surface area contributed by atoms with Gasteiger partial charge in [0.1, 0.15) is 5.76 Å². The average molecular weight is 460 g/mol. The lowest BCUT2D eigenvalue weighted by Crippen LogP contribution is -2.39. The molecular weight excluding hydrogens is 430 g/mol. The van der Waals surface area contributed by atoms with Crippen LogP contribution in [0.1, 0.15) is 23.4 Å². The summed E-state index contributed by atoms with van der Waals surface area (Å²) in [6.07, 6.45) is 2.28. The third-order valence-electron chi connectivity index (χ3n) is 5.62. The second-order valence-corrected chi connectivity index (χ2v) is 9.94. The van der Waals surface area contributed by atoms with Crippen LogP contribution in [0.25, 0.3) is 11.3 Å². The predicted octanol–water partition coefficient (Wildman–Crippen LogP) is 3.46. The minimum Gasteiger partial charge on any atom is -0.468 e. The quantitative estimate of drug-likeness (QED) is 0.484. The fourth-order valence-electron chi connectivity index (χ4n) is 3.83. The van der Waals surface area contributed by atoms with E-state index in [0.717, 1.165) is 45.0 Å². The molecule has 1 saturated heterocycles. The van der Waals surface area contributed by atoms with Crippen LogP contribution >= 0.6 is 0 Å². The summed E-state index contributed by atoms with van der Waals surface area (Å²) >= 11 is 0. The molecule has 1 aromatic carbocycles. The molecule has 0 unspecified atom stereocenters. The Morgan fingerprint density at radius 2 is 1.94 bits per heavy atom. The third-order valence-corrected chi connectivity index (χ3v) is 7.60. The van der Waals surface area contributed by atoms with Crippen molar-refractivity contribution in [3.63, 3.8) is 0 Å². The minimum atomic E-state index is -3.77. The van der Waals surface area contributed by atoms with Crippen molar-refractivity contribution >= 4 is 10.0 Å². The van der Waals surface area contributed by atoms with E-state index in [1.165, 1.54) is 4.31 Å². The molecule has 3 heterocycles. The number of nitrogens with zero attached hydrogens (tertiary/aromatic N) is 3. The summed E-state index contributed by atoms with van der Waals surface area (Å²) in [6, 6.07) is 10.7. The number of sulfonamides is 1. The lowest BCUT2D eigenvalue weighted by Gasteiger charge is -2.28. The molecule has 0 aliphatic carbocycles. The summed E-state index contributed by atoms with van der Waals surface area (Å²) in [7, 11) is -3.77. The summed E-state index contributed by atoms with van der Waals surface area (Å²) in [6.45, 7) is 8.24. The highest BCUT2D eigenvalue weighted by atomic mass is 32.2. The van der Waals surface area contributed by atoms with Crippen molar-refractivity contribution in [3.05, 3.63) is 59.7 Å². The van der Waals surface area contributed by atoms with E-state index in [9.17, 15) is 8.42 Å². The number of aryl methyl sites for hydroxylation is 2. The summed E-state index contributed by atoms with van der Waals surface area (Å²) in [5.74, 6) is 1.16. The molecule has 8 nitrogen and oxygen atoms in total. The number of ether oxygens (including phenoxy) is 1. The molecule has 32 heavy (non-hydrogen) atoms. The maximum absolute atomic E-state index is 13.8. The fourth-order valence-corrected chi connectivity index (χ4v) is 5.52. The number of hydrogen-bond donors (Lipinski definition) is 0. The molecule has 9 heteroatoms. The second-order valence-electron chi connectivity index (χ2n) is 8.04. The SMILES string of the molecule is Cc1cc(-c2ccc(C)c(S(=O)(=O)N(CCCN3CCOCC3)Cc3ccco3)c2)on1. The number of benzene rings is 1. The molecule has 172 valence electrons. The summed E-state index contributed by atoms with van der Waals surface area (Å²) in [5, 5.41) is 3.92. The molecular formula is C23H29N3O5S. The molecule has 1 aliphatic rings. The van der Waals surface area contributed by atoms with Crippen molar-refractivity contribution < 1.29 is 22.1 Å². The maximum Gasteiger partial charge on any atom is 0.243 e. The van der Waals surface area contributed by atoms with E-state index in [2.05, 4.69) is 10.1 Å². The highest BCUT2D eigenvalue weighted by molar-refractivity contribution is 7.89. The zero-order valence-corrected chi connectivity index (χ0v) is 19.3. The molecule has 0 N–H and O–H groups in total. The van der Waals surface area contributed by atoms with Gasteiger partial charge in [0.25, 0.3) is 0 Å². The van der Waals surface area contributed by atoms with Crippen LogP contribution in [0.5, 0.6) is 0 Å². The molecule has 0 amide bonds. The van der Waals surface area contributed by atoms with E-state index < -0.39 is 10.0 Å². The molecule has 0 bridgehead atoms. The van der Waals surface area contributed by atoms with E-state index in [1.54, 1.807) is 43.5 Å². The van der Waals surface area contributed by atoms with E-state index >= 15 is 0 Å². The van der Waals surface area contributed by atoms with E-state index in [0.29, 0.717) is 29.2 Å². The highest BCUT2D eigenvalue weighted by Crippen LogP contribution is 2.28. The minimum absolute atomic E-state index is 0.184. The van der Waals surface area contributed by atoms with Gasteiger partial charge in [-0.2, -0.15) is 4.31 Å². The monoisotopic (exact) mass is 459 g/mol. The molecule has 0 radical (unpaired) electrons. The first-order valence-corrected chi connectivity index (χ1v) is 12.2. The van der Waals surface area contributed by atoms with Crippen molar-refractivity contribution in [2.75, 3.05) is 39.4 Å². The van der Waals surface area contributed by atoms with Crippen LogP contribution in [0, 0.1) is 13.8 Å². The summed E-state index contributed by atoms with van der Waals surface area (Å²) in [5.41, 5.74) is 2.11. The van der Waals surface area contributed by atoms with Gasteiger partial charge < -0.3 is 13.7 Å². The van der Waals surface area contributed by atoms with Crippen molar-refractivity contribution in [2.45, 2.75) is 31.7 Å². The first kappa shape index (κ1) is 22.7. The molecule has 3 aromatic rings. The predicted molar refractivity (Wildman–Crippen MR) is 120 cm³/mol. The average Bonchev–Trinajstić information content (AvgIpc) is 3.46. The Kier molecular flexibility index (Phi) is 7.10. The number of aromatic nitrogens is 1. The second kappa shape index (κ2) is 9.99. The van der Waals surface area contributed by atoms with Gasteiger partial charge >= 0.3 is 0 Å². The van der Waals surface area contributed by atoms with Crippen LogP contribution in [0.4, 0.5) is 0 Å². The van der Waals surface area contributed by atoms with Gasteiger partial charge in [0.2, 0.25) is 10.0 Å². The van der Waals surface area contributed by atoms with Gasteiger partial charge in [-0.3, -0.25) is 4.90 Å².